The quantitative estimate of drug-likeness (QED) is 0.719. The van der Waals surface area contributed by atoms with Gasteiger partial charge in [-0.2, -0.15) is 0 Å². The largest absolute Gasteiger partial charge is 0.334 e. The number of aromatic nitrogens is 2. The summed E-state index contributed by atoms with van der Waals surface area (Å²) in [4.78, 5) is 4.21. The Kier molecular flexibility index (Phi) is 2.05. The fourth-order valence-electron chi connectivity index (χ4n) is 2.86. The Morgan fingerprint density at radius 3 is 3.21 bits per heavy atom. The van der Waals surface area contributed by atoms with E-state index >= 15 is 0 Å². The smallest absolute Gasteiger partial charge is 0.0948 e. The Morgan fingerprint density at radius 2 is 2.36 bits per heavy atom. The first-order chi connectivity index (χ1) is 6.93. The molecule has 2 atom stereocenters. The van der Waals surface area contributed by atoms with E-state index < -0.39 is 0 Å². The summed E-state index contributed by atoms with van der Waals surface area (Å²) in [6.45, 7) is 3.65. The zero-order valence-corrected chi connectivity index (χ0v) is 8.45. The van der Waals surface area contributed by atoms with Crippen molar-refractivity contribution in [2.24, 2.45) is 11.8 Å². The standard InChI is InChI=1S/C11H17N3/c1-2-11-6-13-8-14(11)7-10(1)9-3-4-12-5-9/h6,8-10,12H,1-5,7H2. The Morgan fingerprint density at radius 1 is 1.36 bits per heavy atom. The van der Waals surface area contributed by atoms with Gasteiger partial charge in [0.1, 0.15) is 0 Å². The van der Waals surface area contributed by atoms with E-state index in [4.69, 9.17) is 0 Å². The van der Waals surface area contributed by atoms with Gasteiger partial charge in [-0.3, -0.25) is 0 Å². The molecule has 1 fully saturated rings. The molecule has 0 spiro atoms. The lowest BCUT2D eigenvalue weighted by Gasteiger charge is -2.28. The van der Waals surface area contributed by atoms with Crippen molar-refractivity contribution in [1.82, 2.24) is 14.9 Å². The summed E-state index contributed by atoms with van der Waals surface area (Å²) in [5, 5.41) is 3.46. The van der Waals surface area contributed by atoms with Crippen LogP contribution in [0.25, 0.3) is 0 Å². The Hall–Kier alpha value is -0.830. The van der Waals surface area contributed by atoms with Gasteiger partial charge in [-0.25, -0.2) is 4.98 Å². The van der Waals surface area contributed by atoms with E-state index in [1.165, 1.54) is 44.6 Å². The second-order valence-corrected chi connectivity index (χ2v) is 4.59. The molecule has 0 saturated carbocycles. The average molecular weight is 191 g/mol. The lowest BCUT2D eigenvalue weighted by Crippen LogP contribution is -2.27. The van der Waals surface area contributed by atoms with Gasteiger partial charge in [-0.05, 0) is 44.2 Å². The Bertz CT molecular complexity index is 312. The van der Waals surface area contributed by atoms with Crippen molar-refractivity contribution in [1.29, 1.82) is 0 Å². The molecule has 0 aromatic carbocycles. The lowest BCUT2D eigenvalue weighted by atomic mass is 9.85. The van der Waals surface area contributed by atoms with Gasteiger partial charge >= 0.3 is 0 Å². The van der Waals surface area contributed by atoms with Crippen molar-refractivity contribution in [3.05, 3.63) is 18.2 Å². The third-order valence-corrected chi connectivity index (χ3v) is 3.77. The minimum Gasteiger partial charge on any atom is -0.334 e. The molecule has 0 radical (unpaired) electrons. The second-order valence-electron chi connectivity index (χ2n) is 4.59. The van der Waals surface area contributed by atoms with E-state index in [9.17, 15) is 0 Å². The van der Waals surface area contributed by atoms with E-state index in [2.05, 4.69) is 14.9 Å². The number of nitrogens with zero attached hydrogens (tertiary/aromatic N) is 2. The van der Waals surface area contributed by atoms with E-state index in [1.807, 2.05) is 12.5 Å². The summed E-state index contributed by atoms with van der Waals surface area (Å²) < 4.78 is 2.34. The van der Waals surface area contributed by atoms with Crippen molar-refractivity contribution in [3.63, 3.8) is 0 Å². The van der Waals surface area contributed by atoms with E-state index in [-0.39, 0.29) is 0 Å². The molecule has 2 aliphatic rings. The minimum atomic E-state index is 0.881. The van der Waals surface area contributed by atoms with Crippen LogP contribution < -0.4 is 5.32 Å². The van der Waals surface area contributed by atoms with Gasteiger partial charge < -0.3 is 9.88 Å². The molecule has 76 valence electrons. The third-order valence-electron chi connectivity index (χ3n) is 3.77. The Balaban J connectivity index is 1.74. The van der Waals surface area contributed by atoms with Crippen LogP contribution >= 0.6 is 0 Å². The number of hydrogen-bond donors (Lipinski definition) is 1. The molecule has 14 heavy (non-hydrogen) atoms. The van der Waals surface area contributed by atoms with Gasteiger partial charge in [-0.1, -0.05) is 0 Å². The van der Waals surface area contributed by atoms with Crippen LogP contribution in [0.4, 0.5) is 0 Å². The van der Waals surface area contributed by atoms with Crippen molar-refractivity contribution < 1.29 is 0 Å². The molecule has 2 aliphatic heterocycles. The Labute approximate surface area is 84.5 Å². The molecule has 3 nitrogen and oxygen atoms in total. The molecule has 2 unspecified atom stereocenters. The van der Waals surface area contributed by atoms with Crippen LogP contribution in [0.5, 0.6) is 0 Å². The number of fused-ring (bicyclic) bond motifs is 1. The van der Waals surface area contributed by atoms with Crippen LogP contribution in [0, 0.1) is 11.8 Å². The van der Waals surface area contributed by atoms with Gasteiger partial charge in [0.2, 0.25) is 0 Å². The third kappa shape index (κ3) is 1.36. The summed E-state index contributed by atoms with van der Waals surface area (Å²) in [5.74, 6) is 1.79. The summed E-state index contributed by atoms with van der Waals surface area (Å²) >= 11 is 0. The number of hydrogen-bond acceptors (Lipinski definition) is 2. The van der Waals surface area contributed by atoms with Crippen LogP contribution in [0.2, 0.25) is 0 Å². The summed E-state index contributed by atoms with van der Waals surface area (Å²) in [6.07, 6.45) is 7.96. The molecule has 3 heterocycles. The first-order valence-corrected chi connectivity index (χ1v) is 5.63. The van der Waals surface area contributed by atoms with E-state index in [0.717, 1.165) is 11.8 Å². The minimum absolute atomic E-state index is 0.881. The van der Waals surface area contributed by atoms with E-state index in [1.54, 1.807) is 0 Å². The topological polar surface area (TPSA) is 29.9 Å². The molecule has 1 N–H and O–H groups in total. The lowest BCUT2D eigenvalue weighted by molar-refractivity contribution is 0.268. The molecular weight excluding hydrogens is 174 g/mol. The monoisotopic (exact) mass is 191 g/mol. The maximum absolute atomic E-state index is 4.21. The highest BCUT2D eigenvalue weighted by Gasteiger charge is 2.28. The predicted octanol–water partition coefficient (Wildman–Crippen LogP) is 1.05. The highest BCUT2D eigenvalue weighted by atomic mass is 15.1. The first-order valence-electron chi connectivity index (χ1n) is 5.63. The maximum Gasteiger partial charge on any atom is 0.0948 e. The molecule has 1 aromatic rings. The van der Waals surface area contributed by atoms with E-state index in [0.29, 0.717) is 0 Å². The molecule has 3 rings (SSSR count). The number of aryl methyl sites for hydroxylation is 1. The summed E-state index contributed by atoms with van der Waals surface area (Å²) in [6, 6.07) is 0. The summed E-state index contributed by atoms with van der Waals surface area (Å²) in [7, 11) is 0. The molecule has 0 bridgehead atoms. The molecule has 0 aliphatic carbocycles. The fraction of sp³-hybridized carbons (Fsp3) is 0.727. The molecular formula is C11H17N3. The van der Waals surface area contributed by atoms with Crippen molar-refractivity contribution in [2.45, 2.75) is 25.8 Å². The zero-order valence-electron chi connectivity index (χ0n) is 8.45. The van der Waals surface area contributed by atoms with Crippen molar-refractivity contribution in [2.75, 3.05) is 13.1 Å². The van der Waals surface area contributed by atoms with Crippen molar-refractivity contribution >= 4 is 0 Å². The normalized spacial score (nSPS) is 31.7. The predicted molar refractivity (Wildman–Crippen MR) is 55.0 cm³/mol. The van der Waals surface area contributed by atoms with Gasteiger partial charge in [0.25, 0.3) is 0 Å². The maximum atomic E-state index is 4.21. The van der Waals surface area contributed by atoms with Crippen LogP contribution in [-0.4, -0.2) is 22.6 Å². The number of rotatable bonds is 1. The molecule has 0 amide bonds. The van der Waals surface area contributed by atoms with Gasteiger partial charge in [0.15, 0.2) is 0 Å². The zero-order chi connectivity index (χ0) is 9.38. The van der Waals surface area contributed by atoms with Crippen LogP contribution in [0.3, 0.4) is 0 Å². The van der Waals surface area contributed by atoms with Gasteiger partial charge in [0.05, 0.1) is 6.33 Å². The number of imidazole rings is 1. The van der Waals surface area contributed by atoms with Gasteiger partial charge in [0, 0.05) is 18.4 Å². The van der Waals surface area contributed by atoms with Crippen molar-refractivity contribution in [3.8, 4) is 0 Å². The fourth-order valence-corrected chi connectivity index (χ4v) is 2.86. The highest BCUT2D eigenvalue weighted by Crippen LogP contribution is 2.29. The summed E-state index contributed by atoms with van der Waals surface area (Å²) in [5.41, 5.74) is 1.42. The first kappa shape index (κ1) is 8.48. The van der Waals surface area contributed by atoms with Gasteiger partial charge in [-0.15, -0.1) is 0 Å². The molecule has 1 saturated heterocycles. The SMILES string of the molecule is c1ncn2c1CCC(C1CCNC1)C2. The second kappa shape index (κ2) is 3.39. The van der Waals surface area contributed by atoms with Crippen LogP contribution in [0.15, 0.2) is 12.5 Å². The number of nitrogens with one attached hydrogen (secondary N) is 1. The van der Waals surface area contributed by atoms with Crippen LogP contribution in [0.1, 0.15) is 18.5 Å². The highest BCUT2D eigenvalue weighted by molar-refractivity contribution is 5.02. The molecule has 1 aromatic heterocycles. The van der Waals surface area contributed by atoms with Crippen LogP contribution in [-0.2, 0) is 13.0 Å². The molecule has 3 heteroatoms. The average Bonchev–Trinajstić information content (AvgIpc) is 2.88.